The Morgan fingerprint density at radius 2 is 1.79 bits per heavy atom. The number of thiocarbonyl (C=S) groups is 1. The zero-order valence-electron chi connectivity index (χ0n) is 9.74. The van der Waals surface area contributed by atoms with Crippen LogP contribution >= 0.6 is 12.2 Å². The molecule has 7 heteroatoms. The summed E-state index contributed by atoms with van der Waals surface area (Å²) < 4.78 is 5.44. The van der Waals surface area contributed by atoms with Crippen LogP contribution in [0.5, 0.6) is 11.6 Å². The van der Waals surface area contributed by atoms with E-state index in [0.717, 1.165) is 0 Å². The summed E-state index contributed by atoms with van der Waals surface area (Å²) in [7, 11) is 0. The minimum absolute atomic E-state index is 0.171. The fourth-order valence-electron chi connectivity index (χ4n) is 1.30. The van der Waals surface area contributed by atoms with E-state index in [0.29, 0.717) is 22.9 Å². The van der Waals surface area contributed by atoms with E-state index in [9.17, 15) is 4.79 Å². The number of aromatic nitrogens is 2. The molecule has 0 fully saturated rings. The van der Waals surface area contributed by atoms with E-state index >= 15 is 0 Å². The van der Waals surface area contributed by atoms with Gasteiger partial charge in [-0.15, -0.1) is 0 Å². The van der Waals surface area contributed by atoms with Crippen LogP contribution in [-0.4, -0.2) is 20.9 Å². The van der Waals surface area contributed by atoms with Crippen LogP contribution in [0.3, 0.4) is 0 Å². The molecule has 0 bridgehead atoms. The third kappa shape index (κ3) is 3.23. The molecule has 0 spiro atoms. The van der Waals surface area contributed by atoms with E-state index in [4.69, 9.17) is 28.4 Å². The molecule has 0 aliphatic heterocycles. The maximum absolute atomic E-state index is 10.9. The first kappa shape index (κ1) is 12.9. The molecule has 0 unspecified atom stereocenters. The molecule has 1 aromatic carbocycles. The van der Waals surface area contributed by atoms with Crippen LogP contribution in [0.2, 0.25) is 0 Å². The SMILES string of the molecule is NC(=O)c1ccc(Oc2cnc(C(N)=S)cn2)cc1. The smallest absolute Gasteiger partial charge is 0.248 e. The summed E-state index contributed by atoms with van der Waals surface area (Å²) in [5.74, 6) is 0.321. The molecular formula is C12H10N4O2S. The molecule has 0 aliphatic rings. The van der Waals surface area contributed by atoms with E-state index in [1.807, 2.05) is 0 Å². The number of rotatable bonds is 4. The summed E-state index contributed by atoms with van der Waals surface area (Å²) >= 11 is 4.76. The molecule has 0 aliphatic carbocycles. The molecule has 2 rings (SSSR count). The van der Waals surface area contributed by atoms with Gasteiger partial charge in [-0.05, 0) is 24.3 Å². The van der Waals surface area contributed by atoms with Gasteiger partial charge in [-0.1, -0.05) is 12.2 Å². The van der Waals surface area contributed by atoms with E-state index in [2.05, 4.69) is 9.97 Å². The lowest BCUT2D eigenvalue weighted by atomic mass is 10.2. The first-order valence-corrected chi connectivity index (χ1v) is 5.66. The van der Waals surface area contributed by atoms with Crippen molar-refractivity contribution in [2.75, 3.05) is 0 Å². The van der Waals surface area contributed by atoms with Gasteiger partial charge in [-0.2, -0.15) is 0 Å². The number of hydrogen-bond acceptors (Lipinski definition) is 5. The van der Waals surface area contributed by atoms with Gasteiger partial charge in [0.05, 0.1) is 12.4 Å². The second kappa shape index (κ2) is 5.40. The molecule has 1 heterocycles. The molecule has 1 aromatic heterocycles. The van der Waals surface area contributed by atoms with Crippen LogP contribution in [0.1, 0.15) is 16.1 Å². The van der Waals surface area contributed by atoms with E-state index in [1.54, 1.807) is 24.3 Å². The summed E-state index contributed by atoms with van der Waals surface area (Å²) in [4.78, 5) is 19.1. The Morgan fingerprint density at radius 3 is 2.26 bits per heavy atom. The number of nitrogens with two attached hydrogens (primary N) is 2. The maximum atomic E-state index is 10.9. The van der Waals surface area contributed by atoms with Gasteiger partial charge in [-0.25, -0.2) is 9.97 Å². The largest absolute Gasteiger partial charge is 0.438 e. The molecular weight excluding hydrogens is 264 g/mol. The Kier molecular flexibility index (Phi) is 3.67. The van der Waals surface area contributed by atoms with E-state index < -0.39 is 5.91 Å². The van der Waals surface area contributed by atoms with Gasteiger partial charge < -0.3 is 16.2 Å². The highest BCUT2D eigenvalue weighted by molar-refractivity contribution is 7.80. The first-order valence-electron chi connectivity index (χ1n) is 5.26. The van der Waals surface area contributed by atoms with Crippen LogP contribution in [0.4, 0.5) is 0 Å². The van der Waals surface area contributed by atoms with Gasteiger partial charge in [0.15, 0.2) is 0 Å². The van der Waals surface area contributed by atoms with Crippen molar-refractivity contribution in [1.29, 1.82) is 0 Å². The van der Waals surface area contributed by atoms with E-state index in [1.165, 1.54) is 12.4 Å². The number of benzene rings is 1. The normalized spacial score (nSPS) is 9.89. The second-order valence-electron chi connectivity index (χ2n) is 3.59. The zero-order chi connectivity index (χ0) is 13.8. The van der Waals surface area contributed by atoms with Crippen molar-refractivity contribution in [2.45, 2.75) is 0 Å². The molecule has 96 valence electrons. The number of nitrogens with zero attached hydrogens (tertiary/aromatic N) is 2. The van der Waals surface area contributed by atoms with Gasteiger partial charge in [-0.3, -0.25) is 4.79 Å². The van der Waals surface area contributed by atoms with Gasteiger partial charge in [0.25, 0.3) is 0 Å². The van der Waals surface area contributed by atoms with Crippen molar-refractivity contribution < 1.29 is 9.53 Å². The Hall–Kier alpha value is -2.54. The monoisotopic (exact) mass is 274 g/mol. The molecule has 1 amide bonds. The number of amides is 1. The predicted molar refractivity (Wildman–Crippen MR) is 73.0 cm³/mol. The van der Waals surface area contributed by atoms with Gasteiger partial charge >= 0.3 is 0 Å². The summed E-state index contributed by atoms with van der Waals surface area (Å²) in [6, 6.07) is 6.36. The van der Waals surface area contributed by atoms with Gasteiger partial charge in [0, 0.05) is 5.56 Å². The topological polar surface area (TPSA) is 104 Å². The van der Waals surface area contributed by atoms with Crippen molar-refractivity contribution in [3.05, 3.63) is 47.9 Å². The second-order valence-corrected chi connectivity index (χ2v) is 4.03. The fourth-order valence-corrected chi connectivity index (χ4v) is 1.41. The standard InChI is InChI=1S/C12H10N4O2S/c13-11(17)7-1-3-8(4-2-7)18-10-6-15-9(5-16-10)12(14)19/h1-6H,(H2,13,17)(H2,14,19). The highest BCUT2D eigenvalue weighted by atomic mass is 32.1. The van der Waals surface area contributed by atoms with Crippen molar-refractivity contribution in [3.63, 3.8) is 0 Å². The number of carbonyl (C=O) groups is 1. The number of carbonyl (C=O) groups excluding carboxylic acids is 1. The zero-order valence-corrected chi connectivity index (χ0v) is 10.6. The Labute approximate surface area is 114 Å². The molecule has 0 atom stereocenters. The van der Waals surface area contributed by atoms with Crippen LogP contribution in [0, 0.1) is 0 Å². The lowest BCUT2D eigenvalue weighted by Gasteiger charge is -2.05. The third-order valence-electron chi connectivity index (χ3n) is 2.24. The number of hydrogen-bond donors (Lipinski definition) is 2. The molecule has 2 aromatic rings. The molecule has 0 saturated carbocycles. The minimum Gasteiger partial charge on any atom is -0.438 e. The average Bonchev–Trinajstić information content (AvgIpc) is 2.40. The highest BCUT2D eigenvalue weighted by Gasteiger charge is 2.04. The van der Waals surface area contributed by atoms with Crippen LogP contribution in [0.25, 0.3) is 0 Å². The predicted octanol–water partition coefficient (Wildman–Crippen LogP) is 1.00. The Bertz CT molecular complexity index is 555. The summed E-state index contributed by atoms with van der Waals surface area (Å²) in [5, 5.41) is 0. The highest BCUT2D eigenvalue weighted by Crippen LogP contribution is 2.18. The Morgan fingerprint density at radius 1 is 1.11 bits per heavy atom. The maximum Gasteiger partial charge on any atom is 0.248 e. The van der Waals surface area contributed by atoms with Gasteiger partial charge in [0.2, 0.25) is 11.8 Å². The lowest BCUT2D eigenvalue weighted by molar-refractivity contribution is 0.100. The summed E-state index contributed by atoms with van der Waals surface area (Å²) in [5.41, 5.74) is 11.4. The average molecular weight is 274 g/mol. The van der Waals surface area contributed by atoms with E-state index in [-0.39, 0.29) is 4.99 Å². The molecule has 0 saturated heterocycles. The molecule has 0 radical (unpaired) electrons. The quantitative estimate of drug-likeness (QED) is 0.806. The molecule has 19 heavy (non-hydrogen) atoms. The lowest BCUT2D eigenvalue weighted by Crippen LogP contribution is -2.11. The van der Waals surface area contributed by atoms with Crippen molar-refractivity contribution in [1.82, 2.24) is 9.97 Å². The van der Waals surface area contributed by atoms with Crippen LogP contribution in [0.15, 0.2) is 36.7 Å². The van der Waals surface area contributed by atoms with Crippen molar-refractivity contribution >= 4 is 23.1 Å². The van der Waals surface area contributed by atoms with Crippen LogP contribution < -0.4 is 16.2 Å². The molecule has 6 nitrogen and oxygen atoms in total. The van der Waals surface area contributed by atoms with Crippen molar-refractivity contribution in [2.24, 2.45) is 11.5 Å². The number of ether oxygens (including phenoxy) is 1. The summed E-state index contributed by atoms with van der Waals surface area (Å²) in [6.45, 7) is 0. The Balaban J connectivity index is 2.12. The van der Waals surface area contributed by atoms with Crippen LogP contribution in [-0.2, 0) is 0 Å². The molecule has 4 N–H and O–H groups in total. The number of primary amides is 1. The summed E-state index contributed by atoms with van der Waals surface area (Å²) in [6.07, 6.45) is 2.84. The minimum atomic E-state index is -0.493. The third-order valence-corrected chi connectivity index (χ3v) is 2.45. The first-order chi connectivity index (χ1) is 9.06. The van der Waals surface area contributed by atoms with Crippen molar-refractivity contribution in [3.8, 4) is 11.6 Å². The fraction of sp³-hybridized carbons (Fsp3) is 0. The van der Waals surface area contributed by atoms with Gasteiger partial charge in [0.1, 0.15) is 16.4 Å².